The second-order valence-corrected chi connectivity index (χ2v) is 7.18. The molecular weight excluding hydrogens is 312 g/mol. The molecule has 1 aliphatic heterocycles. The molecule has 1 aliphatic rings. The van der Waals surface area contributed by atoms with Crippen LogP contribution in [0.5, 0.6) is 0 Å². The highest BCUT2D eigenvalue weighted by molar-refractivity contribution is 7.13. The highest BCUT2D eigenvalue weighted by Crippen LogP contribution is 2.24. The van der Waals surface area contributed by atoms with Gasteiger partial charge in [-0.3, -0.25) is 10.1 Å². The minimum atomic E-state index is -0.179. The summed E-state index contributed by atoms with van der Waals surface area (Å²) in [5, 5.41) is 11.6. The van der Waals surface area contributed by atoms with Crippen molar-refractivity contribution < 1.29 is 4.79 Å². The zero-order valence-electron chi connectivity index (χ0n) is 13.7. The average molecular weight is 334 g/mol. The number of carbonyl (C=O) groups excluding carboxylic acids is 1. The van der Waals surface area contributed by atoms with Crippen LogP contribution in [0.15, 0.2) is 6.20 Å². The van der Waals surface area contributed by atoms with E-state index in [0.29, 0.717) is 22.7 Å². The summed E-state index contributed by atoms with van der Waals surface area (Å²) >= 11 is 1.42. The molecule has 2 N–H and O–H groups in total. The first kappa shape index (κ1) is 16.1. The van der Waals surface area contributed by atoms with E-state index in [9.17, 15) is 4.79 Å². The van der Waals surface area contributed by atoms with Gasteiger partial charge in [0, 0.05) is 18.9 Å². The first-order valence-electron chi connectivity index (χ1n) is 7.93. The van der Waals surface area contributed by atoms with E-state index >= 15 is 0 Å². The Balaban J connectivity index is 1.71. The molecule has 0 atom stereocenters. The monoisotopic (exact) mass is 334 g/mol. The number of anilines is 1. The van der Waals surface area contributed by atoms with Crippen LogP contribution in [0.4, 0.5) is 5.95 Å². The Morgan fingerprint density at radius 1 is 1.43 bits per heavy atom. The van der Waals surface area contributed by atoms with Gasteiger partial charge in [0.25, 0.3) is 5.91 Å². The van der Waals surface area contributed by atoms with Gasteiger partial charge in [0.2, 0.25) is 5.95 Å². The maximum absolute atomic E-state index is 12.4. The van der Waals surface area contributed by atoms with E-state index in [-0.39, 0.29) is 5.91 Å². The summed E-state index contributed by atoms with van der Waals surface area (Å²) in [6.45, 7) is 6.11. The lowest BCUT2D eigenvalue weighted by Gasteiger charge is -2.19. The van der Waals surface area contributed by atoms with Gasteiger partial charge in [0.15, 0.2) is 5.82 Å². The molecule has 1 amide bonds. The summed E-state index contributed by atoms with van der Waals surface area (Å²) < 4.78 is 1.64. The topological polar surface area (TPSA) is 84.7 Å². The molecule has 2 aromatic heterocycles. The maximum Gasteiger partial charge on any atom is 0.269 e. The number of thiazole rings is 1. The van der Waals surface area contributed by atoms with Crippen molar-refractivity contribution in [1.82, 2.24) is 25.1 Å². The van der Waals surface area contributed by atoms with E-state index in [4.69, 9.17) is 0 Å². The lowest BCUT2D eigenvalue weighted by atomic mass is 9.98. The van der Waals surface area contributed by atoms with Crippen molar-refractivity contribution in [2.45, 2.75) is 38.5 Å². The summed E-state index contributed by atoms with van der Waals surface area (Å²) in [5.74, 6) is 1.81. The molecule has 3 heterocycles. The van der Waals surface area contributed by atoms with Crippen LogP contribution in [0.1, 0.15) is 59.0 Å². The van der Waals surface area contributed by atoms with E-state index in [1.54, 1.807) is 17.9 Å². The summed E-state index contributed by atoms with van der Waals surface area (Å²) in [6, 6.07) is 0. The minimum Gasteiger partial charge on any atom is -0.317 e. The summed E-state index contributed by atoms with van der Waals surface area (Å²) in [5.41, 5.74) is 0. The SMILES string of the molecule is CC(C)c1ncc(C(=O)Nc2nc(C3CCNCC3)nn2C)s1. The zero-order valence-corrected chi connectivity index (χ0v) is 14.5. The second kappa shape index (κ2) is 6.76. The van der Waals surface area contributed by atoms with Gasteiger partial charge in [-0.25, -0.2) is 9.67 Å². The molecule has 8 heteroatoms. The van der Waals surface area contributed by atoms with Crippen LogP contribution in [-0.2, 0) is 7.05 Å². The van der Waals surface area contributed by atoms with Crippen LogP contribution in [-0.4, -0.2) is 38.7 Å². The van der Waals surface area contributed by atoms with Crippen LogP contribution in [0.2, 0.25) is 0 Å². The third kappa shape index (κ3) is 3.59. The minimum absolute atomic E-state index is 0.179. The highest BCUT2D eigenvalue weighted by Gasteiger charge is 2.22. The fourth-order valence-electron chi connectivity index (χ4n) is 2.59. The molecular formula is C15H22N6OS. The molecule has 0 radical (unpaired) electrons. The van der Waals surface area contributed by atoms with E-state index < -0.39 is 0 Å². The van der Waals surface area contributed by atoms with Crippen molar-refractivity contribution >= 4 is 23.2 Å². The zero-order chi connectivity index (χ0) is 16.4. The Hall–Kier alpha value is -1.80. The molecule has 3 rings (SSSR count). The molecule has 7 nitrogen and oxygen atoms in total. The normalized spacial score (nSPS) is 16.0. The molecule has 124 valence electrons. The molecule has 0 bridgehead atoms. The van der Waals surface area contributed by atoms with Gasteiger partial charge in [-0.05, 0) is 25.9 Å². The van der Waals surface area contributed by atoms with Crippen molar-refractivity contribution in [2.24, 2.45) is 7.05 Å². The number of nitrogens with one attached hydrogen (secondary N) is 2. The van der Waals surface area contributed by atoms with Crippen LogP contribution in [0, 0.1) is 0 Å². The largest absolute Gasteiger partial charge is 0.317 e. The summed E-state index contributed by atoms with van der Waals surface area (Å²) in [7, 11) is 1.80. The van der Waals surface area contributed by atoms with Crippen molar-refractivity contribution in [3.63, 3.8) is 0 Å². The van der Waals surface area contributed by atoms with Crippen LogP contribution < -0.4 is 10.6 Å². The van der Waals surface area contributed by atoms with Crippen LogP contribution in [0.3, 0.4) is 0 Å². The number of hydrogen-bond donors (Lipinski definition) is 2. The van der Waals surface area contributed by atoms with Crippen LogP contribution in [0.25, 0.3) is 0 Å². The van der Waals surface area contributed by atoms with Gasteiger partial charge in [-0.2, -0.15) is 10.1 Å². The van der Waals surface area contributed by atoms with E-state index in [2.05, 4.69) is 39.5 Å². The molecule has 0 unspecified atom stereocenters. The fraction of sp³-hybridized carbons (Fsp3) is 0.600. The molecule has 0 saturated carbocycles. The third-order valence-corrected chi connectivity index (χ3v) is 5.25. The molecule has 2 aromatic rings. The van der Waals surface area contributed by atoms with Crippen molar-refractivity contribution in [3.05, 3.63) is 21.9 Å². The lowest BCUT2D eigenvalue weighted by molar-refractivity contribution is 0.102. The molecule has 0 aliphatic carbocycles. The Morgan fingerprint density at radius 2 is 2.17 bits per heavy atom. The van der Waals surface area contributed by atoms with Gasteiger partial charge in [-0.1, -0.05) is 13.8 Å². The number of aryl methyl sites for hydroxylation is 1. The fourth-order valence-corrected chi connectivity index (χ4v) is 3.40. The smallest absolute Gasteiger partial charge is 0.269 e. The van der Waals surface area contributed by atoms with Crippen molar-refractivity contribution in [1.29, 1.82) is 0 Å². The number of aromatic nitrogens is 4. The molecule has 1 fully saturated rings. The van der Waals surface area contributed by atoms with Crippen LogP contribution >= 0.6 is 11.3 Å². The van der Waals surface area contributed by atoms with Gasteiger partial charge >= 0.3 is 0 Å². The Kier molecular flexibility index (Phi) is 4.72. The number of piperidine rings is 1. The Bertz CT molecular complexity index is 686. The first-order valence-corrected chi connectivity index (χ1v) is 8.75. The Morgan fingerprint density at radius 3 is 2.83 bits per heavy atom. The maximum atomic E-state index is 12.4. The number of rotatable bonds is 4. The molecule has 0 aromatic carbocycles. The number of amides is 1. The first-order chi connectivity index (χ1) is 11.0. The summed E-state index contributed by atoms with van der Waals surface area (Å²) in [4.78, 5) is 21.8. The van der Waals surface area contributed by atoms with Gasteiger partial charge < -0.3 is 5.32 Å². The number of carbonyl (C=O) groups is 1. The Labute approximate surface area is 139 Å². The molecule has 1 saturated heterocycles. The van der Waals surface area contributed by atoms with E-state index in [1.807, 2.05) is 0 Å². The van der Waals surface area contributed by atoms with Gasteiger partial charge in [0.05, 0.1) is 11.2 Å². The van der Waals surface area contributed by atoms with Gasteiger partial charge in [-0.15, -0.1) is 11.3 Å². The van der Waals surface area contributed by atoms with Gasteiger partial charge in [0.1, 0.15) is 4.88 Å². The predicted molar refractivity (Wildman–Crippen MR) is 90.0 cm³/mol. The third-order valence-electron chi connectivity index (χ3n) is 3.95. The quantitative estimate of drug-likeness (QED) is 0.894. The lowest BCUT2D eigenvalue weighted by Crippen LogP contribution is -2.27. The second-order valence-electron chi connectivity index (χ2n) is 6.11. The van der Waals surface area contributed by atoms with Crippen molar-refractivity contribution in [3.8, 4) is 0 Å². The average Bonchev–Trinajstić information content (AvgIpc) is 3.16. The predicted octanol–water partition coefficient (Wildman–Crippen LogP) is 2.11. The highest BCUT2D eigenvalue weighted by atomic mass is 32.1. The van der Waals surface area contributed by atoms with Crippen molar-refractivity contribution in [2.75, 3.05) is 18.4 Å². The van der Waals surface area contributed by atoms with E-state index in [1.165, 1.54) is 11.3 Å². The van der Waals surface area contributed by atoms with E-state index in [0.717, 1.165) is 36.8 Å². The molecule has 0 spiro atoms. The molecule has 23 heavy (non-hydrogen) atoms. The standard InChI is InChI=1S/C15H22N6OS/c1-9(2)14-17-8-11(23-14)13(22)19-15-18-12(20-21(15)3)10-4-6-16-7-5-10/h8-10,16H,4-7H2,1-3H3,(H,18,19,20,22). The summed E-state index contributed by atoms with van der Waals surface area (Å²) in [6.07, 6.45) is 3.69. The number of hydrogen-bond acceptors (Lipinski definition) is 6. The number of nitrogens with zero attached hydrogens (tertiary/aromatic N) is 4.